The van der Waals surface area contributed by atoms with Gasteiger partial charge in [0.15, 0.2) is 6.29 Å². The minimum Gasteiger partial charge on any atom is -0.389 e. The summed E-state index contributed by atoms with van der Waals surface area (Å²) >= 11 is 13.3. The third-order valence-corrected chi connectivity index (χ3v) is 6.62. The van der Waals surface area contributed by atoms with Crippen LogP contribution in [0.15, 0.2) is 58.5 Å². The van der Waals surface area contributed by atoms with E-state index >= 15 is 0 Å². The summed E-state index contributed by atoms with van der Waals surface area (Å²) in [7, 11) is 0. The molecule has 2 saturated heterocycles. The van der Waals surface area contributed by atoms with E-state index in [1.54, 1.807) is 18.2 Å². The molecule has 0 aromatic heterocycles. The van der Waals surface area contributed by atoms with E-state index in [1.807, 2.05) is 30.3 Å². The summed E-state index contributed by atoms with van der Waals surface area (Å²) in [5.41, 5.74) is 9.18. The number of thioether (sulfide) groups is 1. The number of ether oxygens (including phenoxy) is 3. The molecule has 2 aromatic rings. The summed E-state index contributed by atoms with van der Waals surface area (Å²) in [6.07, 6.45) is -2.83. The van der Waals surface area contributed by atoms with Gasteiger partial charge in [0.25, 0.3) is 0 Å². The third kappa shape index (κ3) is 4.50. The summed E-state index contributed by atoms with van der Waals surface area (Å²) < 4.78 is 17.9. The van der Waals surface area contributed by atoms with Crippen molar-refractivity contribution in [2.45, 2.75) is 41.0 Å². The quantitative estimate of drug-likeness (QED) is 0.400. The molecule has 0 spiro atoms. The average Bonchev–Trinajstić information content (AvgIpc) is 2.74. The summed E-state index contributed by atoms with van der Waals surface area (Å²) in [6, 6.07) is 13.8. The predicted molar refractivity (Wildman–Crippen MR) is 110 cm³/mol. The van der Waals surface area contributed by atoms with E-state index in [-0.39, 0.29) is 6.61 Å². The molecule has 4 rings (SSSR count). The maximum Gasteiger partial charge on any atom is 0.184 e. The third-order valence-electron chi connectivity index (χ3n) is 4.73. The van der Waals surface area contributed by atoms with E-state index in [0.29, 0.717) is 10.0 Å². The van der Waals surface area contributed by atoms with E-state index in [4.69, 9.17) is 42.9 Å². The van der Waals surface area contributed by atoms with Gasteiger partial charge in [-0.1, -0.05) is 70.4 Å². The van der Waals surface area contributed by atoms with Crippen LogP contribution in [0.3, 0.4) is 0 Å². The first-order valence-corrected chi connectivity index (χ1v) is 10.5. The molecular weight excluding hydrogens is 437 g/mol. The summed E-state index contributed by atoms with van der Waals surface area (Å²) in [5, 5.41) is 15.5. The van der Waals surface area contributed by atoms with Crippen molar-refractivity contribution in [3.63, 3.8) is 0 Å². The Morgan fingerprint density at radius 2 is 1.90 bits per heavy atom. The highest BCUT2D eigenvalue weighted by Gasteiger charge is 2.49. The Morgan fingerprint density at radius 1 is 1.10 bits per heavy atom. The van der Waals surface area contributed by atoms with Gasteiger partial charge in [0.2, 0.25) is 0 Å². The summed E-state index contributed by atoms with van der Waals surface area (Å²) in [4.78, 5) is 3.67. The normalized spacial score (nSPS) is 31.6. The van der Waals surface area contributed by atoms with Gasteiger partial charge in [-0.25, -0.2) is 0 Å². The second-order valence-electron chi connectivity index (χ2n) is 6.60. The van der Waals surface area contributed by atoms with Gasteiger partial charge in [0.1, 0.15) is 23.7 Å². The van der Waals surface area contributed by atoms with Crippen molar-refractivity contribution >= 4 is 35.0 Å². The Morgan fingerprint density at radius 3 is 2.62 bits per heavy atom. The monoisotopic (exact) mass is 453 g/mol. The zero-order valence-electron chi connectivity index (χ0n) is 15.0. The smallest absolute Gasteiger partial charge is 0.184 e. The van der Waals surface area contributed by atoms with Crippen LogP contribution < -0.4 is 0 Å². The number of fused-ring (bicyclic) bond motifs is 1. The summed E-state index contributed by atoms with van der Waals surface area (Å²) in [5.74, 6) is 0. The molecule has 6 atom stereocenters. The van der Waals surface area contributed by atoms with Crippen LogP contribution >= 0.6 is 35.0 Å². The van der Waals surface area contributed by atoms with Gasteiger partial charge in [-0.3, -0.25) is 0 Å². The standard InChI is InChI=1S/C19H17Cl2N3O4S/c20-12-7-6-11(8-13(12)21)29-19-16(25)15(23-24-22)17-14(27-19)9-26-18(28-17)10-4-2-1-3-5-10/h1-8,14-19,25H,9H2/t14?,15-,16?,17+,18?,19-/m1/s1. The van der Waals surface area contributed by atoms with Gasteiger partial charge in [-0.05, 0) is 23.7 Å². The van der Waals surface area contributed by atoms with Gasteiger partial charge in [0.05, 0.1) is 22.7 Å². The average molecular weight is 454 g/mol. The summed E-state index contributed by atoms with van der Waals surface area (Å²) in [6.45, 7) is 0.243. The number of azide groups is 1. The van der Waals surface area contributed by atoms with Crippen LogP contribution in [0.1, 0.15) is 11.9 Å². The lowest BCUT2D eigenvalue weighted by atomic mass is 9.97. The highest BCUT2D eigenvalue weighted by molar-refractivity contribution is 7.99. The number of benzene rings is 2. The second kappa shape index (κ2) is 9.12. The van der Waals surface area contributed by atoms with Crippen molar-refractivity contribution in [1.29, 1.82) is 0 Å². The molecule has 29 heavy (non-hydrogen) atoms. The van der Waals surface area contributed by atoms with Gasteiger partial charge in [0, 0.05) is 15.4 Å². The number of aliphatic hydroxyl groups excluding tert-OH is 1. The maximum absolute atomic E-state index is 10.9. The molecule has 3 unspecified atom stereocenters. The van der Waals surface area contributed by atoms with Crippen LogP contribution in [-0.4, -0.2) is 41.5 Å². The Bertz CT molecular complexity index is 916. The van der Waals surface area contributed by atoms with Crippen molar-refractivity contribution in [3.05, 3.63) is 74.6 Å². The molecule has 0 bridgehead atoms. The molecule has 0 saturated carbocycles. The Labute approximate surface area is 181 Å². The maximum atomic E-state index is 10.9. The van der Waals surface area contributed by atoms with E-state index in [9.17, 15) is 5.11 Å². The Kier molecular flexibility index (Phi) is 6.53. The molecule has 7 nitrogen and oxygen atoms in total. The molecular formula is C19H17Cl2N3O4S. The molecule has 2 aromatic carbocycles. The van der Waals surface area contributed by atoms with Crippen LogP contribution in [0.4, 0.5) is 0 Å². The number of rotatable bonds is 4. The lowest BCUT2D eigenvalue weighted by Gasteiger charge is -2.46. The van der Waals surface area contributed by atoms with E-state index in [0.717, 1.165) is 10.5 Å². The van der Waals surface area contributed by atoms with Crippen molar-refractivity contribution < 1.29 is 19.3 Å². The molecule has 0 aliphatic carbocycles. The van der Waals surface area contributed by atoms with Crippen molar-refractivity contribution in [2.75, 3.05) is 6.61 Å². The Balaban J connectivity index is 1.54. The zero-order chi connectivity index (χ0) is 20.4. The number of nitrogens with zero attached hydrogens (tertiary/aromatic N) is 3. The minimum absolute atomic E-state index is 0.243. The number of aliphatic hydroxyl groups is 1. The first kappa shape index (κ1) is 20.8. The van der Waals surface area contributed by atoms with Crippen LogP contribution in [0, 0.1) is 0 Å². The molecule has 2 heterocycles. The van der Waals surface area contributed by atoms with Crippen LogP contribution in [-0.2, 0) is 14.2 Å². The molecule has 0 radical (unpaired) electrons. The van der Waals surface area contributed by atoms with Gasteiger partial charge < -0.3 is 19.3 Å². The SMILES string of the molecule is [N-]=[N+]=N[C@@H]1C(O)[C@@H](Sc2ccc(Cl)c(Cl)c2)OC2COC(c3ccccc3)O[C@@H]21. The molecule has 2 aliphatic heterocycles. The lowest BCUT2D eigenvalue weighted by Crippen LogP contribution is -2.60. The molecule has 152 valence electrons. The molecule has 10 heteroatoms. The van der Waals surface area contributed by atoms with Gasteiger partial charge in [-0.2, -0.15) is 0 Å². The van der Waals surface area contributed by atoms with Crippen molar-refractivity contribution in [3.8, 4) is 0 Å². The fourth-order valence-electron chi connectivity index (χ4n) is 3.33. The van der Waals surface area contributed by atoms with Gasteiger partial charge >= 0.3 is 0 Å². The lowest BCUT2D eigenvalue weighted by molar-refractivity contribution is -0.297. The first-order valence-electron chi connectivity index (χ1n) is 8.88. The molecule has 1 N–H and O–H groups in total. The predicted octanol–water partition coefficient (Wildman–Crippen LogP) is 4.96. The number of hydrogen-bond donors (Lipinski definition) is 1. The van der Waals surface area contributed by atoms with E-state index in [1.165, 1.54) is 11.8 Å². The van der Waals surface area contributed by atoms with Crippen molar-refractivity contribution in [2.24, 2.45) is 5.11 Å². The fourth-order valence-corrected chi connectivity index (χ4v) is 4.79. The largest absolute Gasteiger partial charge is 0.389 e. The molecule has 2 aliphatic rings. The second-order valence-corrected chi connectivity index (χ2v) is 8.59. The highest BCUT2D eigenvalue weighted by Crippen LogP contribution is 2.40. The molecule has 0 amide bonds. The Hall–Kier alpha value is -1.48. The van der Waals surface area contributed by atoms with E-state index in [2.05, 4.69) is 10.0 Å². The topological polar surface area (TPSA) is 96.7 Å². The number of halogens is 2. The number of hydrogen-bond acceptors (Lipinski definition) is 6. The minimum atomic E-state index is -1.08. The first-order chi connectivity index (χ1) is 14.1. The van der Waals surface area contributed by atoms with Gasteiger partial charge in [-0.15, -0.1) is 0 Å². The van der Waals surface area contributed by atoms with Crippen LogP contribution in [0.2, 0.25) is 10.0 Å². The zero-order valence-corrected chi connectivity index (χ0v) is 17.3. The molecule has 2 fully saturated rings. The van der Waals surface area contributed by atoms with Crippen LogP contribution in [0.25, 0.3) is 10.4 Å². The van der Waals surface area contributed by atoms with E-state index < -0.39 is 36.1 Å². The fraction of sp³-hybridized carbons (Fsp3) is 0.368. The highest BCUT2D eigenvalue weighted by atomic mass is 35.5. The van der Waals surface area contributed by atoms with Crippen molar-refractivity contribution in [1.82, 2.24) is 0 Å². The van der Waals surface area contributed by atoms with Crippen LogP contribution in [0.5, 0.6) is 0 Å².